The third-order valence-electron chi connectivity index (χ3n) is 6.84. The van der Waals surface area contributed by atoms with Crippen molar-refractivity contribution in [2.45, 2.75) is 43.2 Å². The van der Waals surface area contributed by atoms with Gasteiger partial charge in [-0.15, -0.1) is 0 Å². The minimum atomic E-state index is -0.863. The zero-order chi connectivity index (χ0) is 23.4. The number of aliphatic hydroxyl groups excluding tert-OH is 1. The van der Waals surface area contributed by atoms with Crippen molar-refractivity contribution >= 4 is 17.8 Å². The number of carbonyl (C=O) groups excluding carboxylic acids is 3. The summed E-state index contributed by atoms with van der Waals surface area (Å²) in [5, 5.41) is 15.0. The third-order valence-corrected chi connectivity index (χ3v) is 6.84. The largest absolute Gasteiger partial charge is 0.496 e. The standard InChI is InChI=1S/C25H29N3O5/c1-33-21-10-6-5-9-19(21)22(30)26-16-25(17-7-3-2-4-8-17)13-11-18(12-14-25)28-23(31)20(15-29)27-24(28)32/h2-10,18,20,29H,11-16H2,1H3,(H,26,30)(H,27,32). The second-order valence-corrected chi connectivity index (χ2v) is 8.65. The Morgan fingerprint density at radius 2 is 1.79 bits per heavy atom. The molecule has 4 rings (SSSR count). The Morgan fingerprint density at radius 3 is 2.42 bits per heavy atom. The van der Waals surface area contributed by atoms with E-state index in [0.717, 1.165) is 5.56 Å². The van der Waals surface area contributed by atoms with Crippen LogP contribution in [-0.2, 0) is 10.2 Å². The van der Waals surface area contributed by atoms with Gasteiger partial charge in [0.1, 0.15) is 11.8 Å². The Hall–Kier alpha value is -3.39. The van der Waals surface area contributed by atoms with Gasteiger partial charge in [0, 0.05) is 18.0 Å². The highest BCUT2D eigenvalue weighted by Crippen LogP contribution is 2.41. The van der Waals surface area contributed by atoms with Crippen LogP contribution >= 0.6 is 0 Å². The topological polar surface area (TPSA) is 108 Å². The average molecular weight is 452 g/mol. The van der Waals surface area contributed by atoms with Crippen LogP contribution in [0.1, 0.15) is 41.6 Å². The molecule has 1 unspecified atom stereocenters. The maximum atomic E-state index is 12.9. The molecule has 1 aliphatic carbocycles. The van der Waals surface area contributed by atoms with Gasteiger partial charge < -0.3 is 20.5 Å². The molecule has 2 aromatic rings. The lowest BCUT2D eigenvalue weighted by atomic mass is 9.68. The van der Waals surface area contributed by atoms with E-state index in [9.17, 15) is 19.5 Å². The van der Waals surface area contributed by atoms with Gasteiger partial charge in [-0.25, -0.2) is 4.79 Å². The van der Waals surface area contributed by atoms with Gasteiger partial charge in [-0.1, -0.05) is 42.5 Å². The van der Waals surface area contributed by atoms with E-state index in [0.29, 0.717) is 43.5 Å². The lowest BCUT2D eigenvalue weighted by molar-refractivity contribution is -0.130. The minimum Gasteiger partial charge on any atom is -0.496 e. The number of ether oxygens (including phenoxy) is 1. The molecule has 1 saturated carbocycles. The lowest BCUT2D eigenvalue weighted by Gasteiger charge is -2.42. The van der Waals surface area contributed by atoms with Gasteiger partial charge in [-0.05, 0) is 43.4 Å². The summed E-state index contributed by atoms with van der Waals surface area (Å²) in [5.41, 5.74) is 1.28. The highest BCUT2D eigenvalue weighted by atomic mass is 16.5. The summed E-state index contributed by atoms with van der Waals surface area (Å²) in [6, 6.07) is 15.6. The number of rotatable bonds is 7. The van der Waals surface area contributed by atoms with E-state index >= 15 is 0 Å². The van der Waals surface area contributed by atoms with Gasteiger partial charge in [-0.2, -0.15) is 0 Å². The maximum Gasteiger partial charge on any atom is 0.325 e. The average Bonchev–Trinajstić information content (AvgIpc) is 3.16. The summed E-state index contributed by atoms with van der Waals surface area (Å²) in [4.78, 5) is 39.1. The Bertz CT molecular complexity index is 1020. The number of hydrogen-bond acceptors (Lipinski definition) is 5. The second kappa shape index (κ2) is 9.62. The van der Waals surface area contributed by atoms with Crippen LogP contribution in [0.3, 0.4) is 0 Å². The summed E-state index contributed by atoms with van der Waals surface area (Å²) in [5.74, 6) is -0.0570. The Morgan fingerprint density at radius 1 is 1.12 bits per heavy atom. The summed E-state index contributed by atoms with van der Waals surface area (Å²) < 4.78 is 5.32. The number of hydrogen-bond donors (Lipinski definition) is 3. The fraction of sp³-hybridized carbons (Fsp3) is 0.400. The fourth-order valence-corrected chi connectivity index (χ4v) is 4.97. The van der Waals surface area contributed by atoms with E-state index in [1.807, 2.05) is 24.3 Å². The molecule has 1 saturated heterocycles. The van der Waals surface area contributed by atoms with Gasteiger partial charge in [0.15, 0.2) is 0 Å². The highest BCUT2D eigenvalue weighted by molar-refractivity contribution is 6.04. The van der Waals surface area contributed by atoms with E-state index in [-0.39, 0.29) is 23.3 Å². The van der Waals surface area contributed by atoms with Gasteiger partial charge >= 0.3 is 6.03 Å². The van der Waals surface area contributed by atoms with E-state index in [2.05, 4.69) is 22.8 Å². The number of nitrogens with one attached hydrogen (secondary N) is 2. The predicted octanol–water partition coefficient (Wildman–Crippen LogP) is 2.22. The van der Waals surface area contributed by atoms with Crippen LogP contribution in [0, 0.1) is 0 Å². The Balaban J connectivity index is 1.51. The lowest BCUT2D eigenvalue weighted by Crippen LogP contribution is -2.49. The fourth-order valence-electron chi connectivity index (χ4n) is 4.97. The van der Waals surface area contributed by atoms with Crippen molar-refractivity contribution in [2.75, 3.05) is 20.3 Å². The summed E-state index contributed by atoms with van der Waals surface area (Å²) in [6.45, 7) is 0.0246. The number of amides is 4. The molecular formula is C25H29N3O5. The molecule has 4 amide bonds. The van der Waals surface area contributed by atoms with Crippen LogP contribution in [0.25, 0.3) is 0 Å². The van der Waals surface area contributed by atoms with Gasteiger partial charge in [0.05, 0.1) is 19.3 Å². The molecule has 0 spiro atoms. The Labute approximate surface area is 192 Å². The molecule has 33 heavy (non-hydrogen) atoms. The first-order chi connectivity index (χ1) is 16.0. The van der Waals surface area contributed by atoms with Gasteiger partial charge in [-0.3, -0.25) is 14.5 Å². The van der Waals surface area contributed by atoms with Crippen molar-refractivity contribution in [3.05, 3.63) is 65.7 Å². The number of benzene rings is 2. The zero-order valence-corrected chi connectivity index (χ0v) is 18.6. The number of para-hydroxylation sites is 1. The van der Waals surface area contributed by atoms with Gasteiger partial charge in [0.25, 0.3) is 11.8 Å². The quantitative estimate of drug-likeness (QED) is 0.560. The number of nitrogens with zero attached hydrogens (tertiary/aromatic N) is 1. The van der Waals surface area contributed by atoms with Crippen molar-refractivity contribution in [3.8, 4) is 5.75 Å². The maximum absolute atomic E-state index is 12.9. The smallest absolute Gasteiger partial charge is 0.325 e. The summed E-state index contributed by atoms with van der Waals surface area (Å²) in [7, 11) is 1.54. The molecule has 8 nitrogen and oxygen atoms in total. The molecule has 2 aromatic carbocycles. The van der Waals surface area contributed by atoms with Crippen LogP contribution in [0.5, 0.6) is 5.75 Å². The molecule has 1 atom stereocenters. The molecule has 1 aliphatic heterocycles. The molecule has 1 heterocycles. The monoisotopic (exact) mass is 451 g/mol. The van der Waals surface area contributed by atoms with E-state index in [1.54, 1.807) is 18.2 Å². The normalized spacial score (nSPS) is 25.0. The number of aliphatic hydroxyl groups is 1. The van der Waals surface area contributed by atoms with Crippen LogP contribution in [0.2, 0.25) is 0 Å². The first kappa shape index (κ1) is 22.8. The molecular weight excluding hydrogens is 422 g/mol. The number of urea groups is 1. The molecule has 174 valence electrons. The number of imide groups is 1. The molecule has 0 bridgehead atoms. The molecule has 8 heteroatoms. The molecule has 0 aromatic heterocycles. The van der Waals surface area contributed by atoms with E-state index in [1.165, 1.54) is 12.0 Å². The Kier molecular flexibility index (Phi) is 6.65. The molecule has 0 radical (unpaired) electrons. The number of carbonyl (C=O) groups is 3. The first-order valence-corrected chi connectivity index (χ1v) is 11.2. The summed E-state index contributed by atoms with van der Waals surface area (Å²) >= 11 is 0. The highest BCUT2D eigenvalue weighted by Gasteiger charge is 2.45. The molecule has 2 aliphatic rings. The van der Waals surface area contributed by atoms with E-state index < -0.39 is 18.7 Å². The number of methoxy groups -OCH3 is 1. The van der Waals surface area contributed by atoms with Crippen molar-refractivity contribution in [2.24, 2.45) is 0 Å². The SMILES string of the molecule is COc1ccccc1C(=O)NCC1(c2ccccc2)CCC(N2C(=O)NC(CO)C2=O)CC1. The van der Waals surface area contributed by atoms with Crippen molar-refractivity contribution in [3.63, 3.8) is 0 Å². The predicted molar refractivity (Wildman–Crippen MR) is 122 cm³/mol. The summed E-state index contributed by atoms with van der Waals surface area (Å²) in [6.07, 6.45) is 2.65. The zero-order valence-electron chi connectivity index (χ0n) is 18.6. The third kappa shape index (κ3) is 4.43. The van der Waals surface area contributed by atoms with E-state index in [4.69, 9.17) is 4.74 Å². The van der Waals surface area contributed by atoms with Crippen LogP contribution in [0.4, 0.5) is 4.79 Å². The van der Waals surface area contributed by atoms with Crippen molar-refractivity contribution < 1.29 is 24.2 Å². The van der Waals surface area contributed by atoms with Crippen LogP contribution < -0.4 is 15.4 Å². The second-order valence-electron chi connectivity index (χ2n) is 8.65. The first-order valence-electron chi connectivity index (χ1n) is 11.2. The van der Waals surface area contributed by atoms with Crippen LogP contribution in [0.15, 0.2) is 54.6 Å². The molecule has 2 fully saturated rings. The van der Waals surface area contributed by atoms with Crippen molar-refractivity contribution in [1.29, 1.82) is 0 Å². The molecule has 3 N–H and O–H groups in total. The van der Waals surface area contributed by atoms with Crippen LogP contribution in [-0.4, -0.2) is 60.2 Å². The minimum absolute atomic E-state index is 0.204. The van der Waals surface area contributed by atoms with Gasteiger partial charge in [0.2, 0.25) is 0 Å². The van der Waals surface area contributed by atoms with Crippen molar-refractivity contribution in [1.82, 2.24) is 15.5 Å².